The lowest BCUT2D eigenvalue weighted by Crippen LogP contribution is -2.12. The second-order valence-corrected chi connectivity index (χ2v) is 4.14. The monoisotopic (exact) mass is 219 g/mol. The van der Waals surface area contributed by atoms with Gasteiger partial charge in [0.15, 0.2) is 0 Å². The number of phenols is 1. The highest BCUT2D eigenvalue weighted by atomic mass is 32.1. The largest absolute Gasteiger partial charge is 0.508 e. The van der Waals surface area contributed by atoms with Crippen LogP contribution in [0, 0.1) is 0 Å². The average molecular weight is 219 g/mol. The van der Waals surface area contributed by atoms with Crippen molar-refractivity contribution in [1.29, 1.82) is 0 Å². The van der Waals surface area contributed by atoms with Gasteiger partial charge in [0.2, 0.25) is 0 Å². The van der Waals surface area contributed by atoms with Crippen molar-refractivity contribution in [3.8, 4) is 5.75 Å². The Hall–Kier alpha value is -1.32. The first-order valence-electron chi connectivity index (χ1n) is 4.85. The Morgan fingerprint density at radius 1 is 1.13 bits per heavy atom. The lowest BCUT2D eigenvalue weighted by atomic mass is 10.2. The zero-order chi connectivity index (χ0) is 10.5. The van der Waals surface area contributed by atoms with Crippen molar-refractivity contribution in [3.63, 3.8) is 0 Å². The molecule has 0 aliphatic heterocycles. The third-order valence-electron chi connectivity index (χ3n) is 2.22. The lowest BCUT2D eigenvalue weighted by molar-refractivity contribution is 0.464. The zero-order valence-corrected chi connectivity index (χ0v) is 9.13. The van der Waals surface area contributed by atoms with E-state index in [1.807, 2.05) is 18.2 Å². The number of para-hydroxylation sites is 1. The number of rotatable bonds is 4. The summed E-state index contributed by atoms with van der Waals surface area (Å²) < 4.78 is 0. The summed E-state index contributed by atoms with van der Waals surface area (Å²) in [5.41, 5.74) is 2.23. The minimum atomic E-state index is 0.357. The van der Waals surface area contributed by atoms with E-state index in [0.29, 0.717) is 12.3 Å². The molecule has 2 nitrogen and oxygen atoms in total. The second-order valence-electron chi connectivity index (χ2n) is 3.36. The Bertz CT molecular complexity index is 411. The van der Waals surface area contributed by atoms with Crippen molar-refractivity contribution >= 4 is 11.3 Å². The van der Waals surface area contributed by atoms with Gasteiger partial charge in [-0.25, -0.2) is 0 Å². The Kier molecular flexibility index (Phi) is 3.37. The summed E-state index contributed by atoms with van der Waals surface area (Å²) in [6.45, 7) is 1.54. The van der Waals surface area contributed by atoms with Crippen LogP contribution < -0.4 is 5.32 Å². The quantitative estimate of drug-likeness (QED) is 0.828. The van der Waals surface area contributed by atoms with Gasteiger partial charge in [0, 0.05) is 18.7 Å². The van der Waals surface area contributed by atoms with Crippen molar-refractivity contribution in [2.45, 2.75) is 13.1 Å². The average Bonchev–Trinajstić information content (AvgIpc) is 2.74. The molecule has 0 atom stereocenters. The predicted octanol–water partition coefficient (Wildman–Crippen LogP) is 2.74. The van der Waals surface area contributed by atoms with E-state index in [1.165, 1.54) is 5.56 Å². The Labute approximate surface area is 93.2 Å². The van der Waals surface area contributed by atoms with Gasteiger partial charge in [-0.2, -0.15) is 11.3 Å². The van der Waals surface area contributed by atoms with E-state index in [4.69, 9.17) is 0 Å². The molecule has 2 rings (SSSR count). The number of phenolic OH excluding ortho intramolecular Hbond substituents is 1. The van der Waals surface area contributed by atoms with Crippen LogP contribution in [0.2, 0.25) is 0 Å². The molecule has 0 aliphatic carbocycles. The molecule has 15 heavy (non-hydrogen) atoms. The standard InChI is InChI=1S/C12H13NOS/c14-12-4-2-1-3-11(12)8-13-7-10-5-6-15-9-10/h1-6,9,13-14H,7-8H2. The summed E-state index contributed by atoms with van der Waals surface area (Å²) in [5.74, 6) is 0.357. The highest BCUT2D eigenvalue weighted by Crippen LogP contribution is 2.15. The molecule has 0 aliphatic rings. The van der Waals surface area contributed by atoms with Gasteiger partial charge >= 0.3 is 0 Å². The topological polar surface area (TPSA) is 32.3 Å². The predicted molar refractivity (Wildman–Crippen MR) is 63.0 cm³/mol. The summed E-state index contributed by atoms with van der Waals surface area (Å²) in [6.07, 6.45) is 0. The fourth-order valence-electron chi connectivity index (χ4n) is 1.40. The smallest absolute Gasteiger partial charge is 0.120 e. The van der Waals surface area contributed by atoms with Gasteiger partial charge < -0.3 is 10.4 Å². The molecule has 0 saturated carbocycles. The van der Waals surface area contributed by atoms with Crippen LogP contribution in [-0.2, 0) is 13.1 Å². The van der Waals surface area contributed by atoms with E-state index < -0.39 is 0 Å². The van der Waals surface area contributed by atoms with Crippen LogP contribution in [0.3, 0.4) is 0 Å². The minimum absolute atomic E-state index is 0.357. The molecule has 0 bridgehead atoms. The number of hydrogen-bond acceptors (Lipinski definition) is 3. The molecule has 2 aromatic rings. The highest BCUT2D eigenvalue weighted by Gasteiger charge is 1.98. The SMILES string of the molecule is Oc1ccccc1CNCc1ccsc1. The first-order chi connectivity index (χ1) is 7.36. The molecule has 2 N–H and O–H groups in total. The molecule has 78 valence electrons. The Balaban J connectivity index is 1.86. The molecule has 0 spiro atoms. The molecule has 0 amide bonds. The van der Waals surface area contributed by atoms with Crippen LogP contribution in [0.25, 0.3) is 0 Å². The highest BCUT2D eigenvalue weighted by molar-refractivity contribution is 7.07. The van der Waals surface area contributed by atoms with E-state index in [0.717, 1.165) is 12.1 Å². The van der Waals surface area contributed by atoms with Gasteiger partial charge in [-0.3, -0.25) is 0 Å². The van der Waals surface area contributed by atoms with Crippen molar-refractivity contribution < 1.29 is 5.11 Å². The van der Waals surface area contributed by atoms with Gasteiger partial charge in [-0.1, -0.05) is 18.2 Å². The molecule has 0 saturated heterocycles. The van der Waals surface area contributed by atoms with E-state index in [1.54, 1.807) is 17.4 Å². The summed E-state index contributed by atoms with van der Waals surface area (Å²) in [5, 5.41) is 17.0. The van der Waals surface area contributed by atoms with Gasteiger partial charge in [0.1, 0.15) is 5.75 Å². The first kappa shape index (κ1) is 10.2. The Morgan fingerprint density at radius 2 is 2.00 bits per heavy atom. The van der Waals surface area contributed by atoms with E-state index in [2.05, 4.69) is 22.1 Å². The van der Waals surface area contributed by atoms with Crippen molar-refractivity contribution in [3.05, 3.63) is 52.2 Å². The lowest BCUT2D eigenvalue weighted by Gasteiger charge is -2.05. The minimum Gasteiger partial charge on any atom is -0.508 e. The fourth-order valence-corrected chi connectivity index (χ4v) is 2.06. The fraction of sp³-hybridized carbons (Fsp3) is 0.167. The van der Waals surface area contributed by atoms with Gasteiger partial charge in [0.05, 0.1) is 0 Å². The van der Waals surface area contributed by atoms with Crippen LogP contribution in [0.4, 0.5) is 0 Å². The molecule has 0 unspecified atom stereocenters. The normalized spacial score (nSPS) is 10.4. The third-order valence-corrected chi connectivity index (χ3v) is 2.95. The van der Waals surface area contributed by atoms with Crippen LogP contribution in [0.15, 0.2) is 41.1 Å². The van der Waals surface area contributed by atoms with E-state index >= 15 is 0 Å². The molecule has 0 radical (unpaired) electrons. The van der Waals surface area contributed by atoms with Crippen molar-refractivity contribution in [1.82, 2.24) is 5.32 Å². The van der Waals surface area contributed by atoms with Crippen molar-refractivity contribution in [2.24, 2.45) is 0 Å². The number of aromatic hydroxyl groups is 1. The molecule has 0 fully saturated rings. The molecule has 1 aromatic carbocycles. The number of thiophene rings is 1. The van der Waals surface area contributed by atoms with Crippen LogP contribution in [0.1, 0.15) is 11.1 Å². The van der Waals surface area contributed by atoms with E-state index in [-0.39, 0.29) is 0 Å². The molecular weight excluding hydrogens is 206 g/mol. The number of benzene rings is 1. The van der Waals surface area contributed by atoms with Gasteiger partial charge in [-0.15, -0.1) is 0 Å². The molecule has 1 aromatic heterocycles. The summed E-state index contributed by atoms with van der Waals surface area (Å²) in [6, 6.07) is 9.50. The molecular formula is C12H13NOS. The summed E-state index contributed by atoms with van der Waals surface area (Å²) in [7, 11) is 0. The Morgan fingerprint density at radius 3 is 2.73 bits per heavy atom. The summed E-state index contributed by atoms with van der Waals surface area (Å²) >= 11 is 1.70. The maximum Gasteiger partial charge on any atom is 0.120 e. The van der Waals surface area contributed by atoms with Crippen LogP contribution >= 0.6 is 11.3 Å². The van der Waals surface area contributed by atoms with Crippen LogP contribution in [-0.4, -0.2) is 5.11 Å². The molecule has 1 heterocycles. The maximum absolute atomic E-state index is 9.53. The van der Waals surface area contributed by atoms with Gasteiger partial charge in [-0.05, 0) is 28.5 Å². The second kappa shape index (κ2) is 4.96. The number of nitrogens with one attached hydrogen (secondary N) is 1. The van der Waals surface area contributed by atoms with Crippen LogP contribution in [0.5, 0.6) is 5.75 Å². The molecule has 3 heteroatoms. The summed E-state index contributed by atoms with van der Waals surface area (Å²) in [4.78, 5) is 0. The maximum atomic E-state index is 9.53. The zero-order valence-electron chi connectivity index (χ0n) is 8.31. The number of hydrogen-bond donors (Lipinski definition) is 2. The van der Waals surface area contributed by atoms with E-state index in [9.17, 15) is 5.11 Å². The first-order valence-corrected chi connectivity index (χ1v) is 5.79. The van der Waals surface area contributed by atoms with Gasteiger partial charge in [0.25, 0.3) is 0 Å². The third kappa shape index (κ3) is 2.81. The van der Waals surface area contributed by atoms with Crippen molar-refractivity contribution in [2.75, 3.05) is 0 Å².